The van der Waals surface area contributed by atoms with E-state index in [4.69, 9.17) is 4.74 Å². The molecule has 1 atom stereocenters. The molecule has 0 saturated carbocycles. The predicted molar refractivity (Wildman–Crippen MR) is 92.0 cm³/mol. The van der Waals surface area contributed by atoms with Crippen molar-refractivity contribution < 1.29 is 4.74 Å². The van der Waals surface area contributed by atoms with Crippen molar-refractivity contribution in [3.05, 3.63) is 40.9 Å². The van der Waals surface area contributed by atoms with Gasteiger partial charge in [0, 0.05) is 35.2 Å². The highest BCUT2D eigenvalue weighted by molar-refractivity contribution is 9.10. The Morgan fingerprint density at radius 2 is 2.05 bits per heavy atom. The number of rotatable bonds is 4. The Balaban J connectivity index is 1.72. The fraction of sp³-hybridized carbons (Fsp3) is 0.412. The fourth-order valence-electron chi connectivity index (χ4n) is 2.83. The summed E-state index contributed by atoms with van der Waals surface area (Å²) >= 11 is 3.62. The molecule has 1 aliphatic heterocycles. The molecule has 21 heavy (non-hydrogen) atoms. The smallest absolute Gasteiger partial charge is 0.0874 e. The Morgan fingerprint density at radius 3 is 2.86 bits per heavy atom. The zero-order valence-electron chi connectivity index (χ0n) is 12.3. The molecule has 1 unspecified atom stereocenters. The molecule has 0 aliphatic carbocycles. The molecule has 3 nitrogen and oxygen atoms in total. The lowest BCUT2D eigenvalue weighted by molar-refractivity contribution is -0.0191. The van der Waals surface area contributed by atoms with Crippen LogP contribution in [0.4, 0.5) is 5.69 Å². The monoisotopic (exact) mass is 348 g/mol. The van der Waals surface area contributed by atoms with Gasteiger partial charge in [0.25, 0.3) is 0 Å². The van der Waals surface area contributed by atoms with Crippen LogP contribution in [-0.2, 0) is 4.74 Å². The highest BCUT2D eigenvalue weighted by Crippen LogP contribution is 2.30. The average Bonchev–Trinajstić information content (AvgIpc) is 2.55. The van der Waals surface area contributed by atoms with E-state index in [1.54, 1.807) is 0 Å². The van der Waals surface area contributed by atoms with Crippen LogP contribution in [0, 0.1) is 0 Å². The van der Waals surface area contributed by atoms with E-state index >= 15 is 0 Å². The molecule has 0 amide bonds. The number of anilines is 1. The molecule has 0 aromatic heterocycles. The third-order valence-corrected chi connectivity index (χ3v) is 4.75. The maximum atomic E-state index is 5.85. The zero-order valence-corrected chi connectivity index (χ0v) is 13.9. The number of hydrogen-bond acceptors (Lipinski definition) is 3. The van der Waals surface area contributed by atoms with Crippen molar-refractivity contribution >= 4 is 32.4 Å². The first-order valence-electron chi connectivity index (χ1n) is 7.53. The summed E-state index contributed by atoms with van der Waals surface area (Å²) in [5.41, 5.74) is 1.17. The van der Waals surface area contributed by atoms with Crippen molar-refractivity contribution in [1.29, 1.82) is 0 Å². The summed E-state index contributed by atoms with van der Waals surface area (Å²) in [7, 11) is 0. The highest BCUT2D eigenvalue weighted by atomic mass is 79.9. The minimum atomic E-state index is 0.265. The van der Waals surface area contributed by atoms with Crippen LogP contribution in [0.3, 0.4) is 0 Å². The number of benzene rings is 2. The standard InChI is InChI=1S/C17H21BrN2O/c1-2-20-9-10-21-13(12-20)11-19-17-8-7-16(18)14-5-3-4-6-15(14)17/h3-8,13,19H,2,9-12H2,1H3. The summed E-state index contributed by atoms with van der Waals surface area (Å²) in [6.45, 7) is 7.05. The maximum absolute atomic E-state index is 5.85. The molecular weight excluding hydrogens is 328 g/mol. The van der Waals surface area contributed by atoms with Gasteiger partial charge in [-0.2, -0.15) is 0 Å². The van der Waals surface area contributed by atoms with Crippen LogP contribution in [0.1, 0.15) is 6.92 Å². The third-order valence-electron chi connectivity index (χ3n) is 4.06. The number of morpholine rings is 1. The quantitative estimate of drug-likeness (QED) is 0.910. The Kier molecular flexibility index (Phi) is 4.78. The van der Waals surface area contributed by atoms with Crippen LogP contribution in [0.15, 0.2) is 40.9 Å². The Labute approximate surface area is 134 Å². The molecule has 1 N–H and O–H groups in total. The van der Waals surface area contributed by atoms with Crippen LogP contribution in [0.25, 0.3) is 10.8 Å². The summed E-state index contributed by atoms with van der Waals surface area (Å²) in [5.74, 6) is 0. The van der Waals surface area contributed by atoms with E-state index in [9.17, 15) is 0 Å². The van der Waals surface area contributed by atoms with Crippen LogP contribution in [-0.4, -0.2) is 43.8 Å². The summed E-state index contributed by atoms with van der Waals surface area (Å²) in [4.78, 5) is 2.44. The molecule has 0 radical (unpaired) electrons. The molecule has 0 spiro atoms. The van der Waals surface area contributed by atoms with Gasteiger partial charge in [-0.3, -0.25) is 4.90 Å². The van der Waals surface area contributed by atoms with E-state index in [0.717, 1.165) is 37.3 Å². The first kappa shape index (κ1) is 14.8. The number of fused-ring (bicyclic) bond motifs is 1. The van der Waals surface area contributed by atoms with Gasteiger partial charge in [-0.25, -0.2) is 0 Å². The molecule has 1 heterocycles. The van der Waals surface area contributed by atoms with Crippen molar-refractivity contribution in [2.75, 3.05) is 38.1 Å². The van der Waals surface area contributed by atoms with Crippen molar-refractivity contribution in [3.8, 4) is 0 Å². The lowest BCUT2D eigenvalue weighted by Crippen LogP contribution is -2.45. The number of hydrogen-bond donors (Lipinski definition) is 1. The molecule has 2 aromatic carbocycles. The topological polar surface area (TPSA) is 24.5 Å². The fourth-order valence-corrected chi connectivity index (χ4v) is 3.31. The average molecular weight is 349 g/mol. The molecule has 3 rings (SSSR count). The van der Waals surface area contributed by atoms with Gasteiger partial charge in [-0.05, 0) is 24.1 Å². The van der Waals surface area contributed by atoms with Crippen LogP contribution in [0.5, 0.6) is 0 Å². The minimum Gasteiger partial charge on any atom is -0.382 e. The second-order valence-electron chi connectivity index (χ2n) is 5.41. The largest absolute Gasteiger partial charge is 0.382 e. The van der Waals surface area contributed by atoms with Gasteiger partial charge in [0.2, 0.25) is 0 Å². The SMILES string of the molecule is CCN1CCOC(CNc2ccc(Br)c3ccccc23)C1. The maximum Gasteiger partial charge on any atom is 0.0874 e. The van der Waals surface area contributed by atoms with Gasteiger partial charge in [-0.1, -0.05) is 47.1 Å². The number of nitrogens with one attached hydrogen (secondary N) is 1. The third kappa shape index (κ3) is 3.39. The lowest BCUT2D eigenvalue weighted by Gasteiger charge is -2.32. The van der Waals surface area contributed by atoms with Gasteiger partial charge in [0.1, 0.15) is 0 Å². The number of likely N-dealkylation sites (N-methyl/N-ethyl adjacent to an activating group) is 1. The second kappa shape index (κ2) is 6.77. The summed E-state index contributed by atoms with van der Waals surface area (Å²) in [6, 6.07) is 12.7. The van der Waals surface area contributed by atoms with Gasteiger partial charge in [0.05, 0.1) is 12.7 Å². The minimum absolute atomic E-state index is 0.265. The van der Waals surface area contributed by atoms with E-state index in [1.807, 2.05) is 0 Å². The van der Waals surface area contributed by atoms with Crippen molar-refractivity contribution in [2.45, 2.75) is 13.0 Å². The molecule has 1 aliphatic rings. The second-order valence-corrected chi connectivity index (χ2v) is 6.26. The van der Waals surface area contributed by atoms with E-state index < -0.39 is 0 Å². The first-order chi connectivity index (χ1) is 10.3. The van der Waals surface area contributed by atoms with Crippen LogP contribution < -0.4 is 5.32 Å². The Hall–Kier alpha value is -1.10. The highest BCUT2D eigenvalue weighted by Gasteiger charge is 2.19. The van der Waals surface area contributed by atoms with Gasteiger partial charge < -0.3 is 10.1 Å². The summed E-state index contributed by atoms with van der Waals surface area (Å²) in [5, 5.41) is 6.04. The van der Waals surface area contributed by atoms with Crippen molar-refractivity contribution in [3.63, 3.8) is 0 Å². The van der Waals surface area contributed by atoms with Crippen molar-refractivity contribution in [1.82, 2.24) is 4.90 Å². The molecule has 1 fully saturated rings. The normalized spacial score (nSPS) is 19.8. The van der Waals surface area contributed by atoms with E-state index in [2.05, 4.69) is 69.5 Å². The van der Waals surface area contributed by atoms with Crippen LogP contribution >= 0.6 is 15.9 Å². The van der Waals surface area contributed by atoms with Gasteiger partial charge in [0.15, 0.2) is 0 Å². The molecule has 4 heteroatoms. The molecule has 2 aromatic rings. The van der Waals surface area contributed by atoms with Crippen molar-refractivity contribution in [2.24, 2.45) is 0 Å². The number of halogens is 1. The predicted octanol–water partition coefficient (Wildman–Crippen LogP) is 3.73. The zero-order chi connectivity index (χ0) is 14.7. The summed E-state index contributed by atoms with van der Waals surface area (Å²) in [6.07, 6.45) is 0.265. The van der Waals surface area contributed by atoms with Gasteiger partial charge >= 0.3 is 0 Å². The van der Waals surface area contributed by atoms with E-state index in [1.165, 1.54) is 16.5 Å². The number of ether oxygens (including phenoxy) is 1. The first-order valence-corrected chi connectivity index (χ1v) is 8.32. The van der Waals surface area contributed by atoms with Crippen LogP contribution in [0.2, 0.25) is 0 Å². The van der Waals surface area contributed by atoms with E-state index in [-0.39, 0.29) is 6.10 Å². The molecular formula is C17H21BrN2O. The molecule has 0 bridgehead atoms. The molecule has 112 valence electrons. The van der Waals surface area contributed by atoms with E-state index in [0.29, 0.717) is 0 Å². The Bertz CT molecular complexity index is 617. The molecule has 1 saturated heterocycles. The number of nitrogens with zero attached hydrogens (tertiary/aromatic N) is 1. The van der Waals surface area contributed by atoms with Gasteiger partial charge in [-0.15, -0.1) is 0 Å². The summed E-state index contributed by atoms with van der Waals surface area (Å²) < 4.78 is 6.99. The lowest BCUT2D eigenvalue weighted by atomic mass is 10.1. The Morgan fingerprint density at radius 1 is 1.24 bits per heavy atom.